The van der Waals surface area contributed by atoms with Gasteiger partial charge >= 0.3 is 0 Å². The summed E-state index contributed by atoms with van der Waals surface area (Å²) in [5.41, 5.74) is 0.250. The second-order valence-corrected chi connectivity index (χ2v) is 11.3. The second-order valence-electron chi connectivity index (χ2n) is 9.26. The van der Waals surface area contributed by atoms with Gasteiger partial charge in [0.15, 0.2) is 0 Å². The number of rotatable bonds is 4. The minimum atomic E-state index is -3.38. The Morgan fingerprint density at radius 1 is 1.00 bits per heavy atom. The Labute approximate surface area is 146 Å². The zero-order chi connectivity index (χ0) is 17.1. The topological polar surface area (TPSA) is 49.9 Å². The Kier molecular flexibility index (Phi) is 4.26. The Morgan fingerprint density at radius 3 is 1.92 bits per heavy atom. The second kappa shape index (κ2) is 5.93. The molecule has 4 bridgehead atoms. The average Bonchev–Trinajstić information content (AvgIpc) is 2.44. The van der Waals surface area contributed by atoms with Crippen molar-refractivity contribution in [2.75, 3.05) is 26.7 Å². The van der Waals surface area contributed by atoms with Crippen LogP contribution in [0.2, 0.25) is 0 Å². The van der Waals surface area contributed by atoms with Crippen molar-refractivity contribution in [2.24, 2.45) is 23.2 Å². The van der Waals surface area contributed by atoms with E-state index in [-0.39, 0.29) is 17.6 Å². The third kappa shape index (κ3) is 3.04. The van der Waals surface area contributed by atoms with Gasteiger partial charge in [-0.15, -0.1) is 0 Å². The van der Waals surface area contributed by atoms with Gasteiger partial charge in [-0.05, 0) is 75.5 Å². The summed E-state index contributed by atoms with van der Waals surface area (Å²) in [6, 6.07) is 0. The Hall–Kier alpha value is -0.170. The highest BCUT2D eigenvalue weighted by Gasteiger charge is 2.52. The fourth-order valence-electron chi connectivity index (χ4n) is 6.55. The van der Waals surface area contributed by atoms with Gasteiger partial charge in [0, 0.05) is 26.7 Å². The quantitative estimate of drug-likeness (QED) is 0.778. The van der Waals surface area contributed by atoms with Gasteiger partial charge in [0.1, 0.15) is 0 Å². The minimum Gasteiger partial charge on any atom is -0.373 e. The van der Waals surface area contributed by atoms with E-state index < -0.39 is 10.2 Å². The van der Waals surface area contributed by atoms with Crippen molar-refractivity contribution in [3.63, 3.8) is 0 Å². The van der Waals surface area contributed by atoms with Crippen molar-refractivity contribution in [1.29, 1.82) is 0 Å². The van der Waals surface area contributed by atoms with Crippen molar-refractivity contribution >= 4 is 10.2 Å². The Balaban J connectivity index is 1.48. The van der Waals surface area contributed by atoms with E-state index in [9.17, 15) is 8.42 Å². The average molecular weight is 357 g/mol. The maximum atomic E-state index is 13.1. The number of hydrogen-bond donors (Lipinski definition) is 0. The molecule has 0 aromatic heterocycles. The smallest absolute Gasteiger partial charge is 0.281 e. The summed E-state index contributed by atoms with van der Waals surface area (Å²) in [7, 11) is -1.59. The van der Waals surface area contributed by atoms with Crippen molar-refractivity contribution in [2.45, 2.75) is 64.6 Å². The molecule has 0 unspecified atom stereocenters. The molecule has 5 aliphatic rings. The van der Waals surface area contributed by atoms with E-state index in [4.69, 9.17) is 4.74 Å². The lowest BCUT2D eigenvalue weighted by atomic mass is 9.49. The molecular formula is C18H32N2O3S. The molecule has 1 saturated heterocycles. The van der Waals surface area contributed by atoms with E-state index in [1.54, 1.807) is 15.7 Å². The Bertz CT molecular complexity index is 546. The summed E-state index contributed by atoms with van der Waals surface area (Å²) >= 11 is 0. The predicted octanol–water partition coefficient (Wildman–Crippen LogP) is 2.49. The van der Waals surface area contributed by atoms with Crippen LogP contribution in [0.25, 0.3) is 0 Å². The van der Waals surface area contributed by atoms with Gasteiger partial charge < -0.3 is 4.74 Å². The van der Waals surface area contributed by atoms with E-state index in [2.05, 4.69) is 0 Å². The molecule has 0 N–H and O–H groups in total. The molecule has 5 fully saturated rings. The van der Waals surface area contributed by atoms with Gasteiger partial charge in [-0.1, -0.05) is 0 Å². The molecule has 4 saturated carbocycles. The molecule has 6 heteroatoms. The van der Waals surface area contributed by atoms with Crippen molar-refractivity contribution < 1.29 is 13.2 Å². The SMILES string of the molecule is C[C@@H]1CN(S(=O)(=O)N(C)CC23CC4CC(CC(C4)C2)C3)C[C@@H](C)O1. The van der Waals surface area contributed by atoms with E-state index in [1.807, 2.05) is 13.8 Å². The molecule has 0 radical (unpaired) electrons. The normalized spacial score (nSPS) is 45.9. The van der Waals surface area contributed by atoms with Crippen LogP contribution in [-0.4, -0.2) is 55.9 Å². The van der Waals surface area contributed by atoms with Crippen LogP contribution in [0.4, 0.5) is 0 Å². The van der Waals surface area contributed by atoms with Crippen molar-refractivity contribution in [3.8, 4) is 0 Å². The van der Waals surface area contributed by atoms with Crippen LogP contribution in [-0.2, 0) is 14.9 Å². The summed E-state index contributed by atoms with van der Waals surface area (Å²) in [6.07, 6.45) is 7.86. The fourth-order valence-corrected chi connectivity index (χ4v) is 8.18. The van der Waals surface area contributed by atoms with Gasteiger partial charge in [-0.2, -0.15) is 17.0 Å². The maximum absolute atomic E-state index is 13.1. The van der Waals surface area contributed by atoms with Crippen LogP contribution < -0.4 is 0 Å². The molecule has 2 atom stereocenters. The number of ether oxygens (including phenoxy) is 1. The molecular weight excluding hydrogens is 324 g/mol. The molecule has 1 heterocycles. The first-order valence-electron chi connectivity index (χ1n) is 9.63. The summed E-state index contributed by atoms with van der Waals surface area (Å²) in [5.74, 6) is 2.57. The first kappa shape index (κ1) is 17.3. The summed E-state index contributed by atoms with van der Waals surface area (Å²) < 4.78 is 35.2. The molecule has 24 heavy (non-hydrogen) atoms. The van der Waals surface area contributed by atoms with Crippen molar-refractivity contribution in [3.05, 3.63) is 0 Å². The van der Waals surface area contributed by atoms with Crippen LogP contribution in [0.15, 0.2) is 0 Å². The highest BCUT2D eigenvalue weighted by atomic mass is 32.2. The minimum absolute atomic E-state index is 0.0310. The predicted molar refractivity (Wildman–Crippen MR) is 93.7 cm³/mol. The molecule has 4 aliphatic carbocycles. The van der Waals surface area contributed by atoms with Crippen LogP contribution in [0.1, 0.15) is 52.4 Å². The molecule has 138 valence electrons. The van der Waals surface area contributed by atoms with Crippen LogP contribution in [0.3, 0.4) is 0 Å². The first-order valence-corrected chi connectivity index (χ1v) is 11.0. The molecule has 0 spiro atoms. The number of nitrogens with zero attached hydrogens (tertiary/aromatic N) is 2. The molecule has 1 aliphatic heterocycles. The third-order valence-electron chi connectivity index (χ3n) is 6.83. The van der Waals surface area contributed by atoms with Crippen LogP contribution >= 0.6 is 0 Å². The molecule has 0 aromatic carbocycles. The molecule has 5 rings (SSSR count). The Morgan fingerprint density at radius 2 is 1.46 bits per heavy atom. The van der Waals surface area contributed by atoms with Crippen molar-refractivity contribution in [1.82, 2.24) is 8.61 Å². The highest BCUT2D eigenvalue weighted by molar-refractivity contribution is 7.86. The zero-order valence-electron chi connectivity index (χ0n) is 15.3. The lowest BCUT2D eigenvalue weighted by Gasteiger charge is -2.57. The standard InChI is InChI=1S/C18H32N2O3S/c1-13-10-20(11-14(2)23-13)24(21,22)19(3)12-18-7-15-4-16(8-18)6-17(5-15)9-18/h13-17H,4-12H2,1-3H3/t13-,14-,15?,16?,17?,18?/m1/s1. The number of morpholine rings is 1. The maximum Gasteiger partial charge on any atom is 0.281 e. The van der Waals surface area contributed by atoms with Gasteiger partial charge in [0.25, 0.3) is 10.2 Å². The fraction of sp³-hybridized carbons (Fsp3) is 1.00. The van der Waals surface area contributed by atoms with Gasteiger partial charge in [0.2, 0.25) is 0 Å². The first-order chi connectivity index (χ1) is 11.3. The molecule has 5 nitrogen and oxygen atoms in total. The highest BCUT2D eigenvalue weighted by Crippen LogP contribution is 2.60. The lowest BCUT2D eigenvalue weighted by Crippen LogP contribution is -2.56. The van der Waals surface area contributed by atoms with E-state index in [0.717, 1.165) is 17.8 Å². The monoisotopic (exact) mass is 356 g/mol. The van der Waals surface area contributed by atoms with E-state index in [0.29, 0.717) is 19.6 Å². The zero-order valence-corrected chi connectivity index (χ0v) is 16.1. The molecule has 0 aromatic rings. The van der Waals surface area contributed by atoms with Crippen LogP contribution in [0.5, 0.6) is 0 Å². The van der Waals surface area contributed by atoms with Gasteiger partial charge in [-0.25, -0.2) is 0 Å². The van der Waals surface area contributed by atoms with Crippen LogP contribution in [0, 0.1) is 23.2 Å². The largest absolute Gasteiger partial charge is 0.373 e. The van der Waals surface area contributed by atoms with E-state index in [1.165, 1.54) is 38.5 Å². The lowest BCUT2D eigenvalue weighted by molar-refractivity contribution is -0.0612. The summed E-state index contributed by atoms with van der Waals surface area (Å²) in [5, 5.41) is 0. The summed E-state index contributed by atoms with van der Waals surface area (Å²) in [6.45, 7) is 5.56. The van der Waals surface area contributed by atoms with Gasteiger partial charge in [0.05, 0.1) is 12.2 Å². The summed E-state index contributed by atoms with van der Waals surface area (Å²) in [4.78, 5) is 0. The molecule has 0 amide bonds. The number of hydrogen-bond acceptors (Lipinski definition) is 3. The van der Waals surface area contributed by atoms with E-state index >= 15 is 0 Å². The third-order valence-corrected chi connectivity index (χ3v) is 8.70. The van der Waals surface area contributed by atoms with Gasteiger partial charge in [-0.3, -0.25) is 0 Å².